The van der Waals surface area contributed by atoms with Gasteiger partial charge in [-0.25, -0.2) is 4.79 Å². The van der Waals surface area contributed by atoms with Gasteiger partial charge in [0.1, 0.15) is 5.75 Å². The number of benzene rings is 1. The van der Waals surface area contributed by atoms with Crippen LogP contribution in [0.3, 0.4) is 0 Å². The second-order valence-corrected chi connectivity index (χ2v) is 3.49. The number of aryl methyl sites for hydroxylation is 1. The van der Waals surface area contributed by atoms with Crippen LogP contribution in [-0.2, 0) is 4.79 Å². The predicted octanol–water partition coefficient (Wildman–Crippen LogP) is 2.01. The van der Waals surface area contributed by atoms with E-state index in [1.54, 1.807) is 12.1 Å². The van der Waals surface area contributed by atoms with E-state index in [-0.39, 0.29) is 6.61 Å². The maximum Gasteiger partial charge on any atom is 0.341 e. The molecule has 1 aromatic heterocycles. The lowest BCUT2D eigenvalue weighted by Crippen LogP contribution is -2.09. The zero-order valence-electron chi connectivity index (χ0n) is 8.80. The average Bonchev–Trinajstić information content (AvgIpc) is 2.25. The molecule has 0 fully saturated rings. The molecule has 0 unspecified atom stereocenters. The molecule has 0 atom stereocenters. The van der Waals surface area contributed by atoms with E-state index in [0.717, 1.165) is 16.6 Å². The number of nitrogens with zero attached hydrogens (tertiary/aromatic N) is 1. The lowest BCUT2D eigenvalue weighted by atomic mass is 10.2. The van der Waals surface area contributed by atoms with Gasteiger partial charge >= 0.3 is 5.97 Å². The second-order valence-electron chi connectivity index (χ2n) is 3.49. The summed E-state index contributed by atoms with van der Waals surface area (Å²) in [4.78, 5) is 14.7. The SMILES string of the molecule is Cc1ccc2ccc(OCC(=O)O)cc2n1. The number of carbonyl (C=O) groups is 1. The smallest absolute Gasteiger partial charge is 0.341 e. The molecule has 2 aromatic rings. The topological polar surface area (TPSA) is 59.4 Å². The Balaban J connectivity index is 2.31. The van der Waals surface area contributed by atoms with Gasteiger partial charge < -0.3 is 9.84 Å². The summed E-state index contributed by atoms with van der Waals surface area (Å²) in [5.41, 5.74) is 1.73. The zero-order valence-corrected chi connectivity index (χ0v) is 8.80. The Morgan fingerprint density at radius 2 is 2.12 bits per heavy atom. The Morgan fingerprint density at radius 1 is 1.38 bits per heavy atom. The van der Waals surface area contributed by atoms with Crippen LogP contribution in [0, 0.1) is 6.92 Å². The second kappa shape index (κ2) is 4.18. The first-order valence-corrected chi connectivity index (χ1v) is 4.87. The van der Waals surface area contributed by atoms with Crippen molar-refractivity contribution < 1.29 is 14.6 Å². The first kappa shape index (κ1) is 10.4. The average molecular weight is 217 g/mol. The van der Waals surface area contributed by atoms with Gasteiger partial charge in [-0.3, -0.25) is 4.98 Å². The van der Waals surface area contributed by atoms with Crippen molar-refractivity contribution in [2.24, 2.45) is 0 Å². The molecule has 4 heteroatoms. The lowest BCUT2D eigenvalue weighted by molar-refractivity contribution is -0.139. The summed E-state index contributed by atoms with van der Waals surface area (Å²) in [5.74, 6) is -0.467. The quantitative estimate of drug-likeness (QED) is 0.854. The van der Waals surface area contributed by atoms with Crippen molar-refractivity contribution in [1.82, 2.24) is 4.98 Å². The summed E-state index contributed by atoms with van der Waals surface area (Å²) in [6.45, 7) is 1.57. The van der Waals surface area contributed by atoms with Gasteiger partial charge in [0.2, 0.25) is 0 Å². The van der Waals surface area contributed by atoms with Crippen LogP contribution in [0.1, 0.15) is 5.69 Å². The Hall–Kier alpha value is -2.10. The number of hydrogen-bond acceptors (Lipinski definition) is 3. The third-order valence-electron chi connectivity index (χ3n) is 2.17. The van der Waals surface area contributed by atoms with Gasteiger partial charge in [0, 0.05) is 17.1 Å². The highest BCUT2D eigenvalue weighted by molar-refractivity contribution is 5.80. The fourth-order valence-electron chi connectivity index (χ4n) is 1.43. The Bertz CT molecular complexity index is 537. The van der Waals surface area contributed by atoms with Crippen molar-refractivity contribution in [1.29, 1.82) is 0 Å². The molecule has 4 nitrogen and oxygen atoms in total. The molecule has 0 spiro atoms. The summed E-state index contributed by atoms with van der Waals surface area (Å²) in [6.07, 6.45) is 0. The van der Waals surface area contributed by atoms with Crippen molar-refractivity contribution in [3.05, 3.63) is 36.0 Å². The van der Waals surface area contributed by atoms with E-state index in [0.29, 0.717) is 5.75 Å². The molecule has 0 saturated heterocycles. The van der Waals surface area contributed by atoms with Gasteiger partial charge in [0.25, 0.3) is 0 Å². The van der Waals surface area contributed by atoms with E-state index in [4.69, 9.17) is 9.84 Å². The highest BCUT2D eigenvalue weighted by Crippen LogP contribution is 2.19. The number of aromatic nitrogens is 1. The molecular formula is C12H11NO3. The monoisotopic (exact) mass is 217 g/mol. The number of ether oxygens (including phenoxy) is 1. The number of rotatable bonds is 3. The first-order valence-electron chi connectivity index (χ1n) is 4.87. The van der Waals surface area contributed by atoms with Gasteiger partial charge in [-0.2, -0.15) is 0 Å². The van der Waals surface area contributed by atoms with E-state index in [2.05, 4.69) is 4.98 Å². The molecule has 0 radical (unpaired) electrons. The number of aliphatic carboxylic acids is 1. The van der Waals surface area contributed by atoms with Crippen molar-refractivity contribution >= 4 is 16.9 Å². The largest absolute Gasteiger partial charge is 0.482 e. The molecule has 1 N–H and O–H groups in total. The first-order chi connectivity index (χ1) is 7.65. The molecule has 0 amide bonds. The number of hydrogen-bond donors (Lipinski definition) is 1. The molecule has 82 valence electrons. The minimum atomic E-state index is -0.989. The van der Waals surface area contributed by atoms with E-state index < -0.39 is 5.97 Å². The van der Waals surface area contributed by atoms with Gasteiger partial charge in [-0.05, 0) is 25.1 Å². The summed E-state index contributed by atoms with van der Waals surface area (Å²) < 4.78 is 5.08. The van der Waals surface area contributed by atoms with Crippen LogP contribution in [-0.4, -0.2) is 22.7 Å². The van der Waals surface area contributed by atoms with Crippen molar-refractivity contribution in [3.8, 4) is 5.75 Å². The van der Waals surface area contributed by atoms with Crippen LogP contribution >= 0.6 is 0 Å². The van der Waals surface area contributed by atoms with Crippen LogP contribution in [0.15, 0.2) is 30.3 Å². The maximum absolute atomic E-state index is 10.3. The van der Waals surface area contributed by atoms with Crippen LogP contribution in [0.5, 0.6) is 5.75 Å². The van der Waals surface area contributed by atoms with Crippen LogP contribution in [0.2, 0.25) is 0 Å². The molecule has 0 aliphatic rings. The number of pyridine rings is 1. The molecule has 1 heterocycles. The maximum atomic E-state index is 10.3. The van der Waals surface area contributed by atoms with Gasteiger partial charge in [0.15, 0.2) is 6.61 Å². The van der Waals surface area contributed by atoms with Crippen LogP contribution in [0.4, 0.5) is 0 Å². The van der Waals surface area contributed by atoms with Crippen molar-refractivity contribution in [2.75, 3.05) is 6.61 Å². The fourth-order valence-corrected chi connectivity index (χ4v) is 1.43. The third kappa shape index (κ3) is 2.28. The number of carboxylic acids is 1. The van der Waals surface area contributed by atoms with Crippen LogP contribution in [0.25, 0.3) is 10.9 Å². The van der Waals surface area contributed by atoms with Crippen LogP contribution < -0.4 is 4.74 Å². The number of carboxylic acid groups (broad SMARTS) is 1. The lowest BCUT2D eigenvalue weighted by Gasteiger charge is -2.04. The molecule has 0 aliphatic heterocycles. The van der Waals surface area contributed by atoms with Gasteiger partial charge in [-0.15, -0.1) is 0 Å². The van der Waals surface area contributed by atoms with E-state index in [1.165, 1.54) is 0 Å². The Labute approximate surface area is 92.5 Å². The summed E-state index contributed by atoms with van der Waals surface area (Å²) in [6, 6.07) is 9.24. The molecule has 16 heavy (non-hydrogen) atoms. The summed E-state index contributed by atoms with van der Waals surface area (Å²) in [5, 5.41) is 9.50. The fraction of sp³-hybridized carbons (Fsp3) is 0.167. The van der Waals surface area contributed by atoms with E-state index >= 15 is 0 Å². The molecule has 0 saturated carbocycles. The third-order valence-corrected chi connectivity index (χ3v) is 2.17. The minimum Gasteiger partial charge on any atom is -0.482 e. The van der Waals surface area contributed by atoms with Gasteiger partial charge in [-0.1, -0.05) is 6.07 Å². The molecule has 2 rings (SSSR count). The predicted molar refractivity (Wildman–Crippen MR) is 59.6 cm³/mol. The van der Waals surface area contributed by atoms with Gasteiger partial charge in [0.05, 0.1) is 5.52 Å². The van der Waals surface area contributed by atoms with Crippen molar-refractivity contribution in [2.45, 2.75) is 6.92 Å². The van der Waals surface area contributed by atoms with E-state index in [9.17, 15) is 4.79 Å². The minimum absolute atomic E-state index is 0.336. The van der Waals surface area contributed by atoms with Crippen molar-refractivity contribution in [3.63, 3.8) is 0 Å². The number of fused-ring (bicyclic) bond motifs is 1. The standard InChI is InChI=1S/C12H11NO3/c1-8-2-3-9-4-5-10(6-11(9)13-8)16-7-12(14)15/h2-6H,7H2,1H3,(H,14,15). The molecule has 0 aliphatic carbocycles. The Kier molecular flexibility index (Phi) is 2.72. The summed E-state index contributed by atoms with van der Waals surface area (Å²) in [7, 11) is 0. The highest BCUT2D eigenvalue weighted by Gasteiger charge is 2.01. The zero-order chi connectivity index (χ0) is 11.5. The summed E-state index contributed by atoms with van der Waals surface area (Å²) >= 11 is 0. The Morgan fingerprint density at radius 3 is 2.88 bits per heavy atom. The molecular weight excluding hydrogens is 206 g/mol. The molecule has 1 aromatic carbocycles. The highest BCUT2D eigenvalue weighted by atomic mass is 16.5. The molecule has 0 bridgehead atoms. The normalized spacial score (nSPS) is 10.3. The van der Waals surface area contributed by atoms with E-state index in [1.807, 2.05) is 25.1 Å².